The van der Waals surface area contributed by atoms with Gasteiger partial charge >= 0.3 is 0 Å². The molecule has 1 saturated heterocycles. The quantitative estimate of drug-likeness (QED) is 0.829. The molecule has 0 amide bonds. The van der Waals surface area contributed by atoms with Gasteiger partial charge in [-0.15, -0.1) is 0 Å². The predicted octanol–water partition coefficient (Wildman–Crippen LogP) is 3.86. The summed E-state index contributed by atoms with van der Waals surface area (Å²) in [4.78, 5) is 0. The van der Waals surface area contributed by atoms with Crippen molar-refractivity contribution < 1.29 is 9.47 Å². The minimum Gasteiger partial charge on any atom is -0.376 e. The minimum absolute atomic E-state index is 0.121. The summed E-state index contributed by atoms with van der Waals surface area (Å²) in [6.07, 6.45) is 4.29. The van der Waals surface area contributed by atoms with Crippen LogP contribution in [0.1, 0.15) is 31.7 Å². The second kappa shape index (κ2) is 7.13. The molecule has 0 aliphatic carbocycles. The zero-order valence-corrected chi connectivity index (χ0v) is 11.7. The first-order valence-corrected chi connectivity index (χ1v) is 7.15. The molecule has 2 rings (SSSR count). The Morgan fingerprint density at radius 2 is 1.78 bits per heavy atom. The maximum atomic E-state index is 6.21. The molecule has 1 heterocycles. The molecule has 1 fully saturated rings. The van der Waals surface area contributed by atoms with Crippen LogP contribution in [-0.4, -0.2) is 25.4 Å². The molecule has 0 spiro atoms. The van der Waals surface area contributed by atoms with Gasteiger partial charge in [-0.25, -0.2) is 0 Å². The van der Waals surface area contributed by atoms with Gasteiger partial charge in [-0.2, -0.15) is 0 Å². The highest BCUT2D eigenvalue weighted by atomic mass is 35.5. The van der Waals surface area contributed by atoms with Crippen molar-refractivity contribution in [1.29, 1.82) is 0 Å². The molecule has 1 aliphatic rings. The number of halogens is 1. The lowest BCUT2D eigenvalue weighted by Crippen LogP contribution is -2.35. The van der Waals surface area contributed by atoms with E-state index in [1.807, 2.05) is 18.2 Å². The summed E-state index contributed by atoms with van der Waals surface area (Å²) in [5, 5.41) is 0.818. The van der Waals surface area contributed by atoms with Crippen molar-refractivity contribution in [2.45, 2.75) is 44.8 Å². The van der Waals surface area contributed by atoms with E-state index < -0.39 is 0 Å². The minimum atomic E-state index is 0.121. The zero-order chi connectivity index (χ0) is 12.8. The smallest absolute Gasteiger partial charge is 0.0877 e. The van der Waals surface area contributed by atoms with Gasteiger partial charge in [0.15, 0.2) is 0 Å². The van der Waals surface area contributed by atoms with E-state index in [0.717, 1.165) is 49.5 Å². The first-order valence-electron chi connectivity index (χ1n) is 6.78. The normalized spacial score (nSPS) is 25.4. The van der Waals surface area contributed by atoms with Crippen molar-refractivity contribution in [3.63, 3.8) is 0 Å². The average Bonchev–Trinajstić information content (AvgIpc) is 2.35. The molecule has 2 atom stereocenters. The Labute approximate surface area is 114 Å². The second-order valence-electron chi connectivity index (χ2n) is 4.73. The van der Waals surface area contributed by atoms with Crippen LogP contribution in [0.2, 0.25) is 5.02 Å². The maximum Gasteiger partial charge on any atom is 0.0877 e. The van der Waals surface area contributed by atoms with Crippen LogP contribution in [0, 0.1) is 0 Å². The molecule has 1 aromatic carbocycles. The van der Waals surface area contributed by atoms with Gasteiger partial charge in [-0.3, -0.25) is 0 Å². The zero-order valence-electron chi connectivity index (χ0n) is 10.9. The maximum absolute atomic E-state index is 6.21. The Kier molecular flexibility index (Phi) is 5.48. The van der Waals surface area contributed by atoms with Crippen molar-refractivity contribution in [3.8, 4) is 0 Å². The lowest BCUT2D eigenvalue weighted by molar-refractivity contribution is -0.0913. The van der Waals surface area contributed by atoms with Gasteiger partial charge in [0.05, 0.1) is 12.2 Å². The fourth-order valence-corrected chi connectivity index (χ4v) is 2.55. The van der Waals surface area contributed by atoms with Gasteiger partial charge in [0.25, 0.3) is 0 Å². The third kappa shape index (κ3) is 3.71. The highest BCUT2D eigenvalue weighted by molar-refractivity contribution is 6.31. The molecule has 0 bridgehead atoms. The van der Waals surface area contributed by atoms with E-state index >= 15 is 0 Å². The Hall–Kier alpha value is -0.570. The number of rotatable bonds is 3. The Morgan fingerprint density at radius 1 is 1.11 bits per heavy atom. The molecule has 2 nitrogen and oxygen atoms in total. The molecule has 18 heavy (non-hydrogen) atoms. The van der Waals surface area contributed by atoms with Crippen LogP contribution in [0.3, 0.4) is 0 Å². The van der Waals surface area contributed by atoms with Crippen molar-refractivity contribution >= 4 is 11.6 Å². The van der Waals surface area contributed by atoms with Crippen LogP contribution in [0.5, 0.6) is 0 Å². The number of ether oxygens (including phenoxy) is 2. The fraction of sp³-hybridized carbons (Fsp3) is 0.600. The van der Waals surface area contributed by atoms with Crippen molar-refractivity contribution in [2.75, 3.05) is 13.2 Å². The Balaban J connectivity index is 2.06. The van der Waals surface area contributed by atoms with Crippen LogP contribution < -0.4 is 0 Å². The SMILES string of the molecule is CCC1OCCCCOC1Cc1ccccc1Cl. The van der Waals surface area contributed by atoms with Gasteiger partial charge in [0.1, 0.15) is 0 Å². The third-order valence-electron chi connectivity index (χ3n) is 3.40. The first kappa shape index (κ1) is 13.9. The summed E-state index contributed by atoms with van der Waals surface area (Å²) in [7, 11) is 0. The Bertz CT molecular complexity index is 367. The summed E-state index contributed by atoms with van der Waals surface area (Å²) in [5.74, 6) is 0. The Morgan fingerprint density at radius 3 is 2.44 bits per heavy atom. The van der Waals surface area contributed by atoms with Gasteiger partial charge in [0, 0.05) is 24.7 Å². The van der Waals surface area contributed by atoms with Gasteiger partial charge in [-0.05, 0) is 30.9 Å². The number of benzene rings is 1. The van der Waals surface area contributed by atoms with E-state index in [1.54, 1.807) is 0 Å². The van der Waals surface area contributed by atoms with Gasteiger partial charge < -0.3 is 9.47 Å². The van der Waals surface area contributed by atoms with Gasteiger partial charge in [-0.1, -0.05) is 36.7 Å². The number of hydrogen-bond acceptors (Lipinski definition) is 2. The third-order valence-corrected chi connectivity index (χ3v) is 3.77. The molecule has 1 aromatic rings. The largest absolute Gasteiger partial charge is 0.376 e. The summed E-state index contributed by atoms with van der Waals surface area (Å²) in [6.45, 7) is 3.82. The van der Waals surface area contributed by atoms with Crippen molar-refractivity contribution in [1.82, 2.24) is 0 Å². The van der Waals surface area contributed by atoms with Crippen LogP contribution in [-0.2, 0) is 15.9 Å². The van der Waals surface area contributed by atoms with Crippen LogP contribution in [0.15, 0.2) is 24.3 Å². The molecule has 2 unspecified atom stereocenters. The standard InChI is InChI=1S/C15H21ClO2/c1-2-14-15(18-10-6-5-9-17-14)11-12-7-3-4-8-13(12)16/h3-4,7-8,14-15H,2,5-6,9-11H2,1H3. The molecule has 0 aromatic heterocycles. The second-order valence-corrected chi connectivity index (χ2v) is 5.14. The van der Waals surface area contributed by atoms with E-state index in [2.05, 4.69) is 13.0 Å². The summed E-state index contributed by atoms with van der Waals surface area (Å²) >= 11 is 6.21. The molecular weight excluding hydrogens is 248 g/mol. The highest BCUT2D eigenvalue weighted by Crippen LogP contribution is 2.22. The lowest BCUT2D eigenvalue weighted by Gasteiger charge is -2.29. The van der Waals surface area contributed by atoms with Crippen molar-refractivity contribution in [3.05, 3.63) is 34.9 Å². The number of hydrogen-bond donors (Lipinski definition) is 0. The van der Waals surface area contributed by atoms with E-state index in [1.165, 1.54) is 0 Å². The topological polar surface area (TPSA) is 18.5 Å². The van der Waals surface area contributed by atoms with Crippen LogP contribution >= 0.6 is 11.6 Å². The summed E-state index contributed by atoms with van der Waals surface area (Å²) in [6, 6.07) is 7.98. The van der Waals surface area contributed by atoms with Crippen LogP contribution in [0.4, 0.5) is 0 Å². The predicted molar refractivity (Wildman–Crippen MR) is 74.2 cm³/mol. The highest BCUT2D eigenvalue weighted by Gasteiger charge is 2.24. The van der Waals surface area contributed by atoms with Crippen LogP contribution in [0.25, 0.3) is 0 Å². The molecule has 100 valence electrons. The van der Waals surface area contributed by atoms with E-state index in [9.17, 15) is 0 Å². The molecule has 0 N–H and O–H groups in total. The molecule has 1 aliphatic heterocycles. The molecule has 3 heteroatoms. The van der Waals surface area contributed by atoms with Crippen molar-refractivity contribution in [2.24, 2.45) is 0 Å². The summed E-state index contributed by atoms with van der Waals surface area (Å²) < 4.78 is 11.9. The van der Waals surface area contributed by atoms with Gasteiger partial charge in [0.2, 0.25) is 0 Å². The molecule has 0 saturated carbocycles. The first-order chi connectivity index (χ1) is 8.81. The monoisotopic (exact) mass is 268 g/mol. The van der Waals surface area contributed by atoms with E-state index in [4.69, 9.17) is 21.1 Å². The molecular formula is C15H21ClO2. The van der Waals surface area contributed by atoms with E-state index in [-0.39, 0.29) is 12.2 Å². The molecule has 0 radical (unpaired) electrons. The lowest BCUT2D eigenvalue weighted by atomic mass is 10.0. The average molecular weight is 269 g/mol. The fourth-order valence-electron chi connectivity index (χ4n) is 2.34. The summed E-state index contributed by atoms with van der Waals surface area (Å²) in [5.41, 5.74) is 1.15. The van der Waals surface area contributed by atoms with E-state index in [0.29, 0.717) is 0 Å².